The third kappa shape index (κ3) is 3.78. The molecular weight excluding hydrogens is 342 g/mol. The van der Waals surface area contributed by atoms with Gasteiger partial charge in [0.2, 0.25) is 5.91 Å². The molecule has 0 aliphatic carbocycles. The van der Waals surface area contributed by atoms with Gasteiger partial charge >= 0.3 is 0 Å². The number of aromatic nitrogens is 2. The largest absolute Gasteiger partial charge is 0.462 e. The number of aryl methyl sites for hydroxylation is 2. The van der Waals surface area contributed by atoms with Gasteiger partial charge in [0.1, 0.15) is 6.61 Å². The summed E-state index contributed by atoms with van der Waals surface area (Å²) in [6.07, 6.45) is 7.04. The first-order chi connectivity index (χ1) is 13.0. The van der Waals surface area contributed by atoms with Gasteiger partial charge < -0.3 is 15.2 Å². The third-order valence-corrected chi connectivity index (χ3v) is 4.33. The molecule has 1 unspecified atom stereocenters. The summed E-state index contributed by atoms with van der Waals surface area (Å²) in [5, 5.41) is 11.8. The molecular formula is C21H21N3O3. The van der Waals surface area contributed by atoms with Crippen LogP contribution in [0.15, 0.2) is 42.6 Å². The van der Waals surface area contributed by atoms with E-state index in [-0.39, 0.29) is 0 Å². The van der Waals surface area contributed by atoms with E-state index in [1.807, 2.05) is 54.8 Å². The predicted molar refractivity (Wildman–Crippen MR) is 102 cm³/mol. The van der Waals surface area contributed by atoms with E-state index in [1.165, 1.54) is 0 Å². The smallest absolute Gasteiger partial charge is 0.248 e. The van der Waals surface area contributed by atoms with Crippen LogP contribution < -0.4 is 10.1 Å². The third-order valence-electron chi connectivity index (χ3n) is 4.33. The monoisotopic (exact) mass is 363 g/mol. The van der Waals surface area contributed by atoms with Crippen LogP contribution in [0.2, 0.25) is 0 Å². The van der Waals surface area contributed by atoms with Gasteiger partial charge in [-0.1, -0.05) is 24.3 Å². The van der Waals surface area contributed by atoms with Crippen molar-refractivity contribution in [1.82, 2.24) is 14.7 Å². The Hall–Kier alpha value is -3.30. The van der Waals surface area contributed by atoms with E-state index in [2.05, 4.69) is 16.2 Å². The van der Waals surface area contributed by atoms with E-state index in [4.69, 9.17) is 16.3 Å². The number of nitrogens with one attached hydrogen (secondary N) is 1. The molecule has 3 rings (SSSR count). The molecule has 0 fully saturated rings. The van der Waals surface area contributed by atoms with Gasteiger partial charge in [0.15, 0.2) is 17.6 Å². The fourth-order valence-electron chi connectivity index (χ4n) is 2.98. The molecule has 3 aromatic rings. The maximum atomic E-state index is 11.8. The summed E-state index contributed by atoms with van der Waals surface area (Å²) in [5.41, 5.74) is 4.13. The first kappa shape index (κ1) is 18.5. The van der Waals surface area contributed by atoms with Gasteiger partial charge in [-0.05, 0) is 31.5 Å². The summed E-state index contributed by atoms with van der Waals surface area (Å²) in [6, 6.07) is 11.2. The SMILES string of the molecule is C#CCc1c(C)nc2c(OC(NC(=O)CO)c3ccccc3C)cccn12. The van der Waals surface area contributed by atoms with Crippen LogP contribution in [0, 0.1) is 26.2 Å². The number of ether oxygens (including phenoxy) is 1. The van der Waals surface area contributed by atoms with Gasteiger partial charge in [-0.2, -0.15) is 0 Å². The quantitative estimate of drug-likeness (QED) is 0.521. The molecule has 0 radical (unpaired) electrons. The highest BCUT2D eigenvalue weighted by Crippen LogP contribution is 2.27. The number of amides is 1. The molecule has 0 aliphatic heterocycles. The van der Waals surface area contributed by atoms with Gasteiger partial charge in [-0.15, -0.1) is 12.3 Å². The summed E-state index contributed by atoms with van der Waals surface area (Å²) < 4.78 is 8.03. The van der Waals surface area contributed by atoms with Crippen LogP contribution in [-0.2, 0) is 11.2 Å². The molecule has 27 heavy (non-hydrogen) atoms. The number of carbonyl (C=O) groups is 1. The molecule has 2 heterocycles. The molecule has 1 aromatic carbocycles. The summed E-state index contributed by atoms with van der Waals surface area (Å²) in [7, 11) is 0. The molecule has 6 nitrogen and oxygen atoms in total. The molecule has 138 valence electrons. The van der Waals surface area contributed by atoms with Crippen molar-refractivity contribution in [3.05, 3.63) is 65.1 Å². The average Bonchev–Trinajstić information content (AvgIpc) is 2.98. The zero-order chi connectivity index (χ0) is 19.4. The minimum Gasteiger partial charge on any atom is -0.462 e. The number of aliphatic hydroxyl groups excluding tert-OH is 1. The molecule has 0 saturated carbocycles. The molecule has 0 saturated heterocycles. The van der Waals surface area contributed by atoms with Crippen molar-refractivity contribution in [1.29, 1.82) is 0 Å². The van der Waals surface area contributed by atoms with Crippen LogP contribution in [0.25, 0.3) is 5.65 Å². The maximum absolute atomic E-state index is 11.8. The van der Waals surface area contributed by atoms with Crippen LogP contribution in [-0.4, -0.2) is 27.0 Å². The number of pyridine rings is 1. The second-order valence-electron chi connectivity index (χ2n) is 6.17. The molecule has 2 aromatic heterocycles. The first-order valence-corrected chi connectivity index (χ1v) is 8.57. The number of hydrogen-bond donors (Lipinski definition) is 2. The van der Waals surface area contributed by atoms with E-state index in [1.54, 1.807) is 6.07 Å². The topological polar surface area (TPSA) is 75.9 Å². The highest BCUT2D eigenvalue weighted by atomic mass is 16.5. The van der Waals surface area contributed by atoms with E-state index in [0.29, 0.717) is 17.8 Å². The number of carbonyl (C=O) groups excluding carboxylic acids is 1. The van der Waals surface area contributed by atoms with Gasteiger partial charge in [0.05, 0.1) is 17.8 Å². The maximum Gasteiger partial charge on any atom is 0.248 e. The molecule has 0 spiro atoms. The second kappa shape index (κ2) is 7.94. The van der Waals surface area contributed by atoms with E-state index < -0.39 is 18.7 Å². The van der Waals surface area contributed by atoms with Crippen LogP contribution in [0.1, 0.15) is 28.7 Å². The number of hydrogen-bond acceptors (Lipinski definition) is 4. The highest BCUT2D eigenvalue weighted by molar-refractivity contribution is 5.77. The lowest BCUT2D eigenvalue weighted by atomic mass is 10.1. The van der Waals surface area contributed by atoms with Crippen LogP contribution in [0.4, 0.5) is 0 Å². The van der Waals surface area contributed by atoms with Crippen molar-refractivity contribution in [2.45, 2.75) is 26.5 Å². The van der Waals surface area contributed by atoms with E-state index in [0.717, 1.165) is 22.5 Å². The molecule has 6 heteroatoms. The molecule has 0 aliphatic rings. The minimum absolute atomic E-state index is 0.457. The molecule has 1 atom stereocenters. The first-order valence-electron chi connectivity index (χ1n) is 8.57. The van der Waals surface area contributed by atoms with Gasteiger partial charge in [-0.25, -0.2) is 4.98 Å². The Morgan fingerprint density at radius 2 is 2.11 bits per heavy atom. The number of aliphatic hydroxyl groups is 1. The fraction of sp³-hybridized carbons (Fsp3) is 0.238. The molecule has 0 bridgehead atoms. The van der Waals surface area contributed by atoms with Gasteiger partial charge in [-0.3, -0.25) is 9.20 Å². The van der Waals surface area contributed by atoms with Crippen molar-refractivity contribution in [2.75, 3.05) is 6.61 Å². The summed E-state index contributed by atoms with van der Waals surface area (Å²) >= 11 is 0. The van der Waals surface area contributed by atoms with Crippen molar-refractivity contribution in [3.63, 3.8) is 0 Å². The Kier molecular flexibility index (Phi) is 5.43. The summed E-state index contributed by atoms with van der Waals surface area (Å²) in [6.45, 7) is 3.21. The fourth-order valence-corrected chi connectivity index (χ4v) is 2.98. The number of imidazole rings is 1. The van der Waals surface area contributed by atoms with Crippen LogP contribution in [0.5, 0.6) is 5.75 Å². The van der Waals surface area contributed by atoms with Crippen molar-refractivity contribution < 1.29 is 14.6 Å². The highest BCUT2D eigenvalue weighted by Gasteiger charge is 2.20. The number of terminal acetylenes is 1. The number of benzene rings is 1. The van der Waals surface area contributed by atoms with Crippen LogP contribution >= 0.6 is 0 Å². The van der Waals surface area contributed by atoms with E-state index in [9.17, 15) is 4.79 Å². The zero-order valence-corrected chi connectivity index (χ0v) is 15.3. The summed E-state index contributed by atoms with van der Waals surface area (Å²) in [5.74, 6) is 2.63. The standard InChI is InChI=1S/C21H21N3O3/c1-4-8-17-15(3)22-20-18(11-7-12-24(17)20)27-21(23-19(26)13-25)16-10-6-5-9-14(16)2/h1,5-7,9-12,21,25H,8,13H2,2-3H3,(H,23,26). The molecule has 2 N–H and O–H groups in total. The van der Waals surface area contributed by atoms with Crippen molar-refractivity contribution in [2.24, 2.45) is 0 Å². The predicted octanol–water partition coefficient (Wildman–Crippen LogP) is 2.31. The van der Waals surface area contributed by atoms with E-state index >= 15 is 0 Å². The number of fused-ring (bicyclic) bond motifs is 1. The lowest BCUT2D eigenvalue weighted by Crippen LogP contribution is -2.34. The second-order valence-corrected chi connectivity index (χ2v) is 6.17. The lowest BCUT2D eigenvalue weighted by molar-refractivity contribution is -0.126. The lowest BCUT2D eigenvalue weighted by Gasteiger charge is -2.22. The van der Waals surface area contributed by atoms with Gasteiger partial charge in [0, 0.05) is 11.8 Å². The van der Waals surface area contributed by atoms with Crippen molar-refractivity contribution in [3.8, 4) is 18.1 Å². The molecule has 1 amide bonds. The minimum atomic E-state index is -0.759. The van der Waals surface area contributed by atoms with Crippen LogP contribution in [0.3, 0.4) is 0 Å². The Morgan fingerprint density at radius 1 is 1.33 bits per heavy atom. The Labute approximate surface area is 157 Å². The zero-order valence-electron chi connectivity index (χ0n) is 15.3. The number of nitrogens with zero attached hydrogens (tertiary/aromatic N) is 2. The van der Waals surface area contributed by atoms with Gasteiger partial charge in [0.25, 0.3) is 0 Å². The average molecular weight is 363 g/mol. The normalized spacial score (nSPS) is 11.8. The number of rotatable bonds is 6. The summed E-state index contributed by atoms with van der Waals surface area (Å²) in [4.78, 5) is 16.4. The van der Waals surface area contributed by atoms with Crippen molar-refractivity contribution >= 4 is 11.6 Å². The Bertz CT molecular complexity index is 1020. The Balaban J connectivity index is 2.04. The Morgan fingerprint density at radius 3 is 2.81 bits per heavy atom.